The summed E-state index contributed by atoms with van der Waals surface area (Å²) in [6.45, 7) is 23.5. The van der Waals surface area contributed by atoms with Crippen molar-refractivity contribution in [3.63, 3.8) is 0 Å². The summed E-state index contributed by atoms with van der Waals surface area (Å²) in [6, 6.07) is 7.14. The summed E-state index contributed by atoms with van der Waals surface area (Å²) in [5, 5.41) is 40.9. The number of likely N-dealkylation sites (tertiary alicyclic amines) is 3. The Morgan fingerprint density at radius 1 is 0.381 bits per heavy atom. The SMILES string of the molecule is CCC(CC)n1cc(-c2nc(-c3cnn(CCN4CC(F)C4)c3)cn3nccc23)cn1.CCC(CC)n1cc(-c2nc(-c3cnn(CCN4CC[C@@H](OC)C4)c3)cn3nccc23)cn1.CCC(CC)n1cc(-c2nc(-c3cnn(CCN4CC[C@H](OC)C4)c3)cn3nccc23)cn1. The van der Waals surface area contributed by atoms with Gasteiger partial charge in [0.15, 0.2) is 0 Å². The van der Waals surface area contributed by atoms with Gasteiger partial charge in [0.2, 0.25) is 0 Å². The molecule has 0 aromatic carbocycles. The number of methoxy groups -OCH3 is 2. The zero-order valence-electron chi connectivity index (χ0n) is 57.2. The molecule has 2 atom stereocenters. The van der Waals surface area contributed by atoms with Crippen LogP contribution in [0.4, 0.5) is 4.39 Å². The van der Waals surface area contributed by atoms with Gasteiger partial charge in [0.1, 0.15) is 6.17 Å². The molecule has 3 fully saturated rings. The number of aromatic nitrogens is 21. The van der Waals surface area contributed by atoms with Gasteiger partial charge in [-0.1, -0.05) is 41.5 Å². The van der Waals surface area contributed by atoms with Crippen molar-refractivity contribution in [2.24, 2.45) is 0 Å². The molecule has 26 nitrogen and oxygen atoms in total. The van der Waals surface area contributed by atoms with E-state index in [1.807, 2.05) is 125 Å². The molecule has 3 saturated heterocycles. The molecule has 12 aromatic rings. The first-order valence-corrected chi connectivity index (χ1v) is 34.6. The number of halogens is 1. The number of hydrogen-bond donors (Lipinski definition) is 0. The second kappa shape index (κ2) is 30.5. The molecular weight excluding hydrogens is 1230 g/mol. The molecule has 510 valence electrons. The number of hydrogen-bond acceptors (Lipinski definition) is 17. The van der Waals surface area contributed by atoms with Crippen molar-refractivity contribution >= 4 is 16.6 Å². The minimum atomic E-state index is -0.675. The first-order valence-electron chi connectivity index (χ1n) is 34.6. The Labute approximate surface area is 564 Å². The van der Waals surface area contributed by atoms with Gasteiger partial charge in [0.05, 0.1) is 175 Å². The summed E-state index contributed by atoms with van der Waals surface area (Å²) in [5.41, 5.74) is 13.9. The lowest BCUT2D eigenvalue weighted by atomic mass is 10.1. The third-order valence-electron chi connectivity index (χ3n) is 19.5. The zero-order chi connectivity index (χ0) is 66.9. The zero-order valence-corrected chi connectivity index (χ0v) is 57.2. The van der Waals surface area contributed by atoms with Gasteiger partial charge in [0.25, 0.3) is 0 Å². The fourth-order valence-electron chi connectivity index (χ4n) is 13.5. The lowest BCUT2D eigenvalue weighted by Gasteiger charge is -2.33. The van der Waals surface area contributed by atoms with Crippen LogP contribution in [0.1, 0.15) is 111 Å². The molecule has 97 heavy (non-hydrogen) atoms. The molecular formula is C70H91FN24O2. The van der Waals surface area contributed by atoms with Gasteiger partial charge in [-0.25, -0.2) is 32.9 Å². The van der Waals surface area contributed by atoms with Crippen molar-refractivity contribution in [1.29, 1.82) is 0 Å². The highest BCUT2D eigenvalue weighted by atomic mass is 19.1. The number of nitrogens with zero attached hydrogens (tertiary/aromatic N) is 24. The monoisotopic (exact) mass is 1320 g/mol. The molecule has 0 saturated carbocycles. The molecule has 0 bridgehead atoms. The average molecular weight is 1320 g/mol. The van der Waals surface area contributed by atoms with E-state index in [-0.39, 0.29) is 0 Å². The molecule has 3 aliphatic heterocycles. The van der Waals surface area contributed by atoms with Crippen molar-refractivity contribution in [3.05, 3.63) is 130 Å². The third kappa shape index (κ3) is 15.0. The Bertz CT molecular complexity index is 4280. The molecule has 0 N–H and O–H groups in total. The first kappa shape index (κ1) is 66.5. The van der Waals surface area contributed by atoms with E-state index < -0.39 is 6.17 Å². The first-order chi connectivity index (χ1) is 47.5. The summed E-state index contributed by atoms with van der Waals surface area (Å²) < 4.78 is 41.6. The van der Waals surface area contributed by atoms with Crippen LogP contribution in [0, 0.1) is 0 Å². The molecule has 27 heteroatoms. The molecule has 0 aliphatic carbocycles. The van der Waals surface area contributed by atoms with Crippen LogP contribution in [0.2, 0.25) is 0 Å². The third-order valence-corrected chi connectivity index (χ3v) is 19.5. The van der Waals surface area contributed by atoms with Gasteiger partial charge < -0.3 is 9.47 Å². The quantitative estimate of drug-likeness (QED) is 0.0491. The maximum Gasteiger partial charge on any atom is 0.125 e. The summed E-state index contributed by atoms with van der Waals surface area (Å²) in [6.07, 6.45) is 43.5. The Morgan fingerprint density at radius 2 is 0.701 bits per heavy atom. The Balaban J connectivity index is 0.000000131. The fourth-order valence-corrected chi connectivity index (χ4v) is 13.5. The lowest BCUT2D eigenvalue weighted by molar-refractivity contribution is 0.0619. The smallest absolute Gasteiger partial charge is 0.125 e. The van der Waals surface area contributed by atoms with Crippen LogP contribution in [0.15, 0.2) is 130 Å². The fraction of sp³-hybridized carbons (Fsp3) is 0.486. The molecule has 15 rings (SSSR count). The largest absolute Gasteiger partial charge is 0.380 e. The predicted molar refractivity (Wildman–Crippen MR) is 370 cm³/mol. The van der Waals surface area contributed by atoms with Crippen molar-refractivity contribution in [1.82, 2.24) is 117 Å². The Morgan fingerprint density at radius 3 is 1.00 bits per heavy atom. The summed E-state index contributed by atoms with van der Waals surface area (Å²) >= 11 is 0. The van der Waals surface area contributed by atoms with Crippen molar-refractivity contribution in [3.8, 4) is 67.5 Å². The summed E-state index contributed by atoms with van der Waals surface area (Å²) in [4.78, 5) is 21.9. The van der Waals surface area contributed by atoms with Crippen molar-refractivity contribution in [2.75, 3.05) is 73.1 Å². The summed E-state index contributed by atoms with van der Waals surface area (Å²) in [7, 11) is 3.59. The average Bonchev–Trinajstić information content (AvgIpc) is 1.67. The van der Waals surface area contributed by atoms with Crippen molar-refractivity contribution < 1.29 is 13.9 Å². The second-order valence-electron chi connectivity index (χ2n) is 25.7. The molecule has 0 unspecified atom stereocenters. The number of fused-ring (bicyclic) bond motifs is 3. The topological polar surface area (TPSA) is 226 Å². The van der Waals surface area contributed by atoms with Gasteiger partial charge in [0, 0.05) is 144 Å². The van der Waals surface area contributed by atoms with Crippen LogP contribution in [0.3, 0.4) is 0 Å². The Hall–Kier alpha value is -9.15. The minimum Gasteiger partial charge on any atom is -0.380 e. The van der Waals surface area contributed by atoms with E-state index in [4.69, 9.17) is 24.4 Å². The minimum absolute atomic E-state index is 0.357. The molecule has 15 heterocycles. The van der Waals surface area contributed by atoms with Crippen LogP contribution in [0.5, 0.6) is 0 Å². The highest BCUT2D eigenvalue weighted by molar-refractivity contribution is 5.80. The predicted octanol–water partition coefficient (Wildman–Crippen LogP) is 10.5. The van der Waals surface area contributed by atoms with E-state index in [2.05, 4.69) is 142 Å². The molecule has 0 radical (unpaired) electrons. The molecule has 0 amide bonds. The maximum atomic E-state index is 13.0. The van der Waals surface area contributed by atoms with Crippen LogP contribution < -0.4 is 0 Å². The van der Waals surface area contributed by atoms with Crippen molar-refractivity contribution in [2.45, 2.75) is 149 Å². The van der Waals surface area contributed by atoms with Gasteiger partial charge in [-0.2, -0.15) is 45.9 Å². The van der Waals surface area contributed by atoms with E-state index in [0.29, 0.717) is 43.4 Å². The van der Waals surface area contributed by atoms with E-state index in [9.17, 15) is 4.39 Å². The molecule has 3 aliphatic rings. The van der Waals surface area contributed by atoms with Crippen LogP contribution in [0.25, 0.3) is 84.1 Å². The van der Waals surface area contributed by atoms with E-state index in [1.54, 1.807) is 20.4 Å². The standard InChI is InChI=1S/2C24H32N8O.C22H27FN8/c2*1-4-20(5-2)31-15-19(13-27-31)24-23-6-8-25-32(23)17-22(28-24)18-12-26-30(14-18)11-10-29-9-7-21(16-29)33-3;1-3-19(4-2)30-12-17(10-26-30)22-21-5-6-24-31(21)15-20(27-22)16-9-25-29(11-16)8-7-28-13-18(23)14-28/h2*6,8,12-15,17,20-21H,4-5,7,9-11,16H2,1-3H3;5-6,9-12,15,18-19H,3-4,7-8,13-14H2,1-2H3/t2*21-;/m10./s1. The Kier molecular flexibility index (Phi) is 20.9. The highest BCUT2D eigenvalue weighted by Crippen LogP contribution is 2.32. The van der Waals surface area contributed by atoms with Gasteiger partial charge in [-0.15, -0.1) is 0 Å². The summed E-state index contributed by atoms with van der Waals surface area (Å²) in [5.74, 6) is 0. The van der Waals surface area contributed by atoms with Crippen LogP contribution >= 0.6 is 0 Å². The van der Waals surface area contributed by atoms with Gasteiger partial charge in [-0.3, -0.25) is 42.8 Å². The molecule has 12 aromatic heterocycles. The maximum absolute atomic E-state index is 13.0. The normalized spacial score (nSPS) is 16.5. The highest BCUT2D eigenvalue weighted by Gasteiger charge is 2.27. The molecule has 0 spiro atoms. The van der Waals surface area contributed by atoms with Gasteiger partial charge in [-0.05, 0) is 69.6 Å². The lowest BCUT2D eigenvalue weighted by Crippen LogP contribution is -2.49. The van der Waals surface area contributed by atoms with E-state index in [1.165, 1.54) is 0 Å². The van der Waals surface area contributed by atoms with Gasteiger partial charge >= 0.3 is 0 Å². The number of alkyl halides is 1. The number of ether oxygens (including phenoxy) is 2. The van der Waals surface area contributed by atoms with E-state index in [0.717, 1.165) is 201 Å². The number of rotatable bonds is 26. The second-order valence-corrected chi connectivity index (χ2v) is 25.7. The van der Waals surface area contributed by atoms with Crippen LogP contribution in [-0.4, -0.2) is 209 Å². The van der Waals surface area contributed by atoms with Crippen LogP contribution in [-0.2, 0) is 29.1 Å². The van der Waals surface area contributed by atoms with E-state index >= 15 is 0 Å².